The Morgan fingerprint density at radius 1 is 1.12 bits per heavy atom. The van der Waals surface area contributed by atoms with E-state index >= 15 is 0 Å². The summed E-state index contributed by atoms with van der Waals surface area (Å²) in [5.74, 6) is 0.892. The number of hydrogen-bond donors (Lipinski definition) is 1. The lowest BCUT2D eigenvalue weighted by Gasteiger charge is -2.16. The van der Waals surface area contributed by atoms with E-state index in [1.54, 1.807) is 30.1 Å². The summed E-state index contributed by atoms with van der Waals surface area (Å²) >= 11 is 0. The van der Waals surface area contributed by atoms with Crippen molar-refractivity contribution < 1.29 is 9.47 Å². The molecule has 32 heavy (non-hydrogen) atoms. The molecule has 3 aromatic rings. The van der Waals surface area contributed by atoms with Crippen molar-refractivity contribution in [1.82, 2.24) is 24.4 Å². The van der Waals surface area contributed by atoms with E-state index in [4.69, 9.17) is 9.47 Å². The molecule has 0 bridgehead atoms. The molecule has 0 saturated carbocycles. The van der Waals surface area contributed by atoms with Crippen molar-refractivity contribution >= 4 is 16.9 Å². The van der Waals surface area contributed by atoms with E-state index in [-0.39, 0.29) is 5.56 Å². The third-order valence-electron chi connectivity index (χ3n) is 5.66. The Balaban J connectivity index is 1.65. The number of anilines is 1. The number of pyridine rings is 2. The van der Waals surface area contributed by atoms with Gasteiger partial charge in [-0.2, -0.15) is 0 Å². The second kappa shape index (κ2) is 10.5. The van der Waals surface area contributed by atoms with Gasteiger partial charge in [-0.15, -0.1) is 0 Å². The van der Waals surface area contributed by atoms with Crippen molar-refractivity contribution in [1.29, 1.82) is 0 Å². The van der Waals surface area contributed by atoms with Crippen molar-refractivity contribution in [3.8, 4) is 17.1 Å². The van der Waals surface area contributed by atoms with Gasteiger partial charge in [0.25, 0.3) is 5.56 Å². The molecular formula is C23H30N6O3. The van der Waals surface area contributed by atoms with Crippen LogP contribution in [-0.4, -0.2) is 70.9 Å². The lowest BCUT2D eigenvalue weighted by atomic mass is 10.2. The minimum atomic E-state index is -0.149. The molecule has 3 aromatic heterocycles. The molecule has 1 N–H and O–H groups in total. The zero-order valence-electron chi connectivity index (χ0n) is 18.7. The van der Waals surface area contributed by atoms with Crippen LogP contribution >= 0.6 is 0 Å². The van der Waals surface area contributed by atoms with Crippen LogP contribution in [0.4, 0.5) is 5.82 Å². The summed E-state index contributed by atoms with van der Waals surface area (Å²) in [6, 6.07) is 5.56. The van der Waals surface area contributed by atoms with Gasteiger partial charge in [0.1, 0.15) is 5.52 Å². The van der Waals surface area contributed by atoms with Crippen molar-refractivity contribution in [2.45, 2.75) is 26.3 Å². The molecule has 1 saturated heterocycles. The van der Waals surface area contributed by atoms with E-state index in [1.807, 2.05) is 19.1 Å². The van der Waals surface area contributed by atoms with Crippen LogP contribution in [0.15, 0.2) is 35.4 Å². The summed E-state index contributed by atoms with van der Waals surface area (Å²) < 4.78 is 12.4. The highest BCUT2D eigenvalue weighted by molar-refractivity contribution is 5.80. The molecule has 0 radical (unpaired) electrons. The van der Waals surface area contributed by atoms with Gasteiger partial charge in [-0.25, -0.2) is 9.97 Å². The monoisotopic (exact) mass is 438 g/mol. The summed E-state index contributed by atoms with van der Waals surface area (Å²) in [7, 11) is 1.58. The number of fused-ring (bicyclic) bond motifs is 1. The Kier molecular flexibility index (Phi) is 7.28. The first-order valence-corrected chi connectivity index (χ1v) is 11.1. The number of hydrogen-bond acceptors (Lipinski definition) is 8. The van der Waals surface area contributed by atoms with Gasteiger partial charge in [0, 0.05) is 44.1 Å². The maximum absolute atomic E-state index is 13.3. The molecule has 1 fully saturated rings. The van der Waals surface area contributed by atoms with Crippen molar-refractivity contribution in [2.75, 3.05) is 51.8 Å². The fraction of sp³-hybridized carbons (Fsp3) is 0.478. The molecule has 4 rings (SSSR count). The fourth-order valence-corrected chi connectivity index (χ4v) is 3.93. The molecule has 1 aliphatic heterocycles. The van der Waals surface area contributed by atoms with E-state index in [1.165, 1.54) is 12.8 Å². The maximum atomic E-state index is 13.3. The van der Waals surface area contributed by atoms with E-state index < -0.39 is 0 Å². The number of methoxy groups -OCH3 is 1. The van der Waals surface area contributed by atoms with Gasteiger partial charge in [0.05, 0.1) is 31.1 Å². The van der Waals surface area contributed by atoms with E-state index in [2.05, 4.69) is 25.2 Å². The smallest absolute Gasteiger partial charge is 0.293 e. The van der Waals surface area contributed by atoms with Gasteiger partial charge in [-0.3, -0.25) is 9.78 Å². The number of aromatic nitrogens is 4. The van der Waals surface area contributed by atoms with Gasteiger partial charge in [0.15, 0.2) is 5.82 Å². The van der Waals surface area contributed by atoms with Crippen LogP contribution in [0, 0.1) is 0 Å². The summed E-state index contributed by atoms with van der Waals surface area (Å²) in [4.78, 5) is 29.1. The van der Waals surface area contributed by atoms with Crippen LogP contribution < -0.4 is 15.6 Å². The average molecular weight is 439 g/mol. The predicted molar refractivity (Wildman–Crippen MR) is 124 cm³/mol. The number of nitrogens with zero attached hydrogens (tertiary/aromatic N) is 5. The fourth-order valence-electron chi connectivity index (χ4n) is 3.93. The van der Waals surface area contributed by atoms with Crippen LogP contribution in [0.3, 0.4) is 0 Å². The molecule has 170 valence electrons. The minimum Gasteiger partial charge on any atom is -0.481 e. The molecule has 0 amide bonds. The average Bonchev–Trinajstić information content (AvgIpc) is 3.34. The Labute approximate surface area is 187 Å². The number of nitrogens with one attached hydrogen (secondary N) is 1. The zero-order chi connectivity index (χ0) is 22.3. The predicted octanol–water partition coefficient (Wildman–Crippen LogP) is 2.41. The van der Waals surface area contributed by atoms with Gasteiger partial charge in [-0.1, -0.05) is 0 Å². The SMILES string of the molecule is CCOCCn1c(=O)c(NCCN2CCCC2)nc2cnc(-c3ccc(OC)nc3)cc21. The third-order valence-corrected chi connectivity index (χ3v) is 5.66. The minimum absolute atomic E-state index is 0.149. The highest BCUT2D eigenvalue weighted by Gasteiger charge is 2.15. The van der Waals surface area contributed by atoms with E-state index in [0.29, 0.717) is 49.2 Å². The first kappa shape index (κ1) is 22.2. The molecule has 1 aliphatic rings. The number of likely N-dealkylation sites (tertiary alicyclic amines) is 1. The standard InChI is InChI=1S/C23H30N6O3/c1-3-32-13-12-29-20-14-18(17-6-7-21(31-2)26-15-17)25-16-19(20)27-22(23(29)30)24-8-11-28-9-4-5-10-28/h6-7,14-16H,3-5,8-13H2,1-2H3,(H,24,27). The Morgan fingerprint density at radius 3 is 2.69 bits per heavy atom. The van der Waals surface area contributed by atoms with Crippen LogP contribution in [0.2, 0.25) is 0 Å². The quantitative estimate of drug-likeness (QED) is 0.482. The highest BCUT2D eigenvalue weighted by atomic mass is 16.5. The lowest BCUT2D eigenvalue weighted by Crippen LogP contribution is -2.31. The van der Waals surface area contributed by atoms with Gasteiger partial charge < -0.3 is 24.3 Å². The van der Waals surface area contributed by atoms with Crippen molar-refractivity contribution in [3.63, 3.8) is 0 Å². The third kappa shape index (κ3) is 5.05. The van der Waals surface area contributed by atoms with Crippen LogP contribution in [-0.2, 0) is 11.3 Å². The molecule has 0 aliphatic carbocycles. The molecule has 0 atom stereocenters. The largest absolute Gasteiger partial charge is 0.481 e. The summed E-state index contributed by atoms with van der Waals surface area (Å²) in [6.07, 6.45) is 5.90. The van der Waals surface area contributed by atoms with Gasteiger partial charge in [0.2, 0.25) is 5.88 Å². The van der Waals surface area contributed by atoms with E-state index in [9.17, 15) is 4.79 Å². The van der Waals surface area contributed by atoms with Gasteiger partial charge in [-0.05, 0) is 45.0 Å². The van der Waals surface area contributed by atoms with Crippen LogP contribution in [0.1, 0.15) is 19.8 Å². The second-order valence-corrected chi connectivity index (χ2v) is 7.74. The second-order valence-electron chi connectivity index (χ2n) is 7.74. The number of rotatable bonds is 10. The Bertz CT molecular complexity index is 1090. The first-order valence-electron chi connectivity index (χ1n) is 11.1. The molecule has 9 heteroatoms. The normalized spacial score (nSPS) is 14.2. The summed E-state index contributed by atoms with van der Waals surface area (Å²) in [6.45, 7) is 7.26. The number of ether oxygens (including phenoxy) is 2. The zero-order valence-corrected chi connectivity index (χ0v) is 18.7. The summed E-state index contributed by atoms with van der Waals surface area (Å²) in [5, 5.41) is 3.24. The van der Waals surface area contributed by atoms with Crippen LogP contribution in [0.25, 0.3) is 22.3 Å². The lowest BCUT2D eigenvalue weighted by molar-refractivity contribution is 0.139. The Hall–Kier alpha value is -3.04. The van der Waals surface area contributed by atoms with Crippen LogP contribution in [0.5, 0.6) is 5.88 Å². The summed E-state index contributed by atoms with van der Waals surface area (Å²) in [5.41, 5.74) is 2.79. The molecular weight excluding hydrogens is 408 g/mol. The molecule has 9 nitrogen and oxygen atoms in total. The molecule has 0 spiro atoms. The highest BCUT2D eigenvalue weighted by Crippen LogP contribution is 2.22. The first-order chi connectivity index (χ1) is 15.7. The Morgan fingerprint density at radius 2 is 1.97 bits per heavy atom. The maximum Gasteiger partial charge on any atom is 0.293 e. The molecule has 0 unspecified atom stereocenters. The van der Waals surface area contributed by atoms with Crippen molar-refractivity contribution in [2.24, 2.45) is 0 Å². The molecule has 0 aromatic carbocycles. The topological polar surface area (TPSA) is 94.4 Å². The van der Waals surface area contributed by atoms with Gasteiger partial charge >= 0.3 is 0 Å². The molecule has 4 heterocycles. The van der Waals surface area contributed by atoms with Crippen molar-refractivity contribution in [3.05, 3.63) is 40.9 Å². The van der Waals surface area contributed by atoms with E-state index in [0.717, 1.165) is 30.7 Å².